The first-order valence-corrected chi connectivity index (χ1v) is 11.7. The van der Waals surface area contributed by atoms with Crippen molar-refractivity contribution < 1.29 is 23.9 Å². The number of benzene rings is 1. The summed E-state index contributed by atoms with van der Waals surface area (Å²) in [6.07, 6.45) is 0.350. The summed E-state index contributed by atoms with van der Waals surface area (Å²) in [5.74, 6) is -0.640. The van der Waals surface area contributed by atoms with Crippen LogP contribution in [0.1, 0.15) is 56.9 Å². The fourth-order valence-electron chi connectivity index (χ4n) is 4.10. The van der Waals surface area contributed by atoms with E-state index in [1.54, 1.807) is 18.7 Å². The van der Waals surface area contributed by atoms with Gasteiger partial charge in [-0.2, -0.15) is 0 Å². The van der Waals surface area contributed by atoms with Gasteiger partial charge < -0.3 is 19.7 Å². The summed E-state index contributed by atoms with van der Waals surface area (Å²) in [6.45, 7) is 10.9. The highest BCUT2D eigenvalue weighted by Crippen LogP contribution is 2.38. The summed E-state index contributed by atoms with van der Waals surface area (Å²) in [6, 6.07) is 4.13. The number of nitrogens with zero attached hydrogens (tertiary/aromatic N) is 1. The maximum atomic E-state index is 12.9. The third kappa shape index (κ3) is 5.12. The summed E-state index contributed by atoms with van der Waals surface area (Å²) in [5.41, 5.74) is 5.53. The van der Waals surface area contributed by atoms with Gasteiger partial charge in [-0.15, -0.1) is 11.3 Å². The predicted octanol–water partition coefficient (Wildman–Crippen LogP) is 4.55. The summed E-state index contributed by atoms with van der Waals surface area (Å²) < 4.78 is 10.4. The molecule has 0 aliphatic carbocycles. The summed E-state index contributed by atoms with van der Waals surface area (Å²) in [7, 11) is 0. The number of amides is 2. The lowest BCUT2D eigenvalue weighted by molar-refractivity contribution is -0.115. The zero-order chi connectivity index (χ0) is 23.4. The normalized spacial score (nSPS) is 12.8. The van der Waals surface area contributed by atoms with Crippen molar-refractivity contribution in [1.82, 2.24) is 4.90 Å². The molecule has 0 saturated heterocycles. The van der Waals surface area contributed by atoms with E-state index in [9.17, 15) is 14.4 Å². The number of ether oxygens (including phenoxy) is 2. The number of nitrogens with one attached hydrogen (secondary N) is 1. The van der Waals surface area contributed by atoms with Crippen LogP contribution in [0.25, 0.3) is 0 Å². The van der Waals surface area contributed by atoms with Crippen LogP contribution in [0.2, 0.25) is 0 Å². The molecule has 0 fully saturated rings. The van der Waals surface area contributed by atoms with E-state index in [2.05, 4.69) is 17.4 Å². The predicted molar refractivity (Wildman–Crippen MR) is 124 cm³/mol. The summed E-state index contributed by atoms with van der Waals surface area (Å²) in [5, 5.41) is 3.42. The molecule has 2 aromatic rings. The Morgan fingerprint density at radius 3 is 2.34 bits per heavy atom. The Kier molecular flexibility index (Phi) is 7.56. The Hall–Kier alpha value is -2.87. The zero-order valence-electron chi connectivity index (χ0n) is 19.3. The first-order valence-electron chi connectivity index (χ1n) is 10.8. The zero-order valence-corrected chi connectivity index (χ0v) is 20.1. The van der Waals surface area contributed by atoms with Crippen molar-refractivity contribution in [2.75, 3.05) is 25.1 Å². The number of fused-ring (bicyclic) bond motifs is 1. The molecule has 32 heavy (non-hydrogen) atoms. The molecule has 0 saturated carbocycles. The minimum Gasteiger partial charge on any atom is -0.462 e. The molecule has 0 radical (unpaired) electrons. The van der Waals surface area contributed by atoms with Gasteiger partial charge in [0.2, 0.25) is 5.91 Å². The number of rotatable bonds is 6. The smallest absolute Gasteiger partial charge is 0.410 e. The standard InChI is InChI=1S/C24H30N2O5S/c1-6-30-23(28)21-17-8-9-26(24(29)31-7-2)13-19(17)32-22(21)25-20(27)12-18-15(4)10-14(3)11-16(18)5/h10-11H,6-9,12-13H2,1-5H3,(H,25,27). The van der Waals surface area contributed by atoms with E-state index >= 15 is 0 Å². The summed E-state index contributed by atoms with van der Waals surface area (Å²) >= 11 is 1.32. The number of carbonyl (C=O) groups is 3. The van der Waals surface area contributed by atoms with Crippen LogP contribution in [0, 0.1) is 20.8 Å². The van der Waals surface area contributed by atoms with E-state index in [-0.39, 0.29) is 25.0 Å². The average molecular weight is 459 g/mol. The molecule has 1 N–H and O–H groups in total. The number of anilines is 1. The maximum Gasteiger partial charge on any atom is 0.410 e. The largest absolute Gasteiger partial charge is 0.462 e. The van der Waals surface area contributed by atoms with Crippen LogP contribution < -0.4 is 5.32 Å². The van der Waals surface area contributed by atoms with Gasteiger partial charge in [0.05, 0.1) is 31.7 Å². The number of esters is 1. The Morgan fingerprint density at radius 1 is 1.06 bits per heavy atom. The second kappa shape index (κ2) is 10.2. The molecule has 1 aliphatic heterocycles. The molecule has 172 valence electrons. The second-order valence-electron chi connectivity index (χ2n) is 7.90. The van der Waals surface area contributed by atoms with E-state index < -0.39 is 5.97 Å². The fourth-order valence-corrected chi connectivity index (χ4v) is 5.37. The van der Waals surface area contributed by atoms with Gasteiger partial charge in [0.15, 0.2) is 0 Å². The minimum absolute atomic E-state index is 0.188. The molecule has 2 heterocycles. The molecular formula is C24H30N2O5S. The van der Waals surface area contributed by atoms with E-state index in [4.69, 9.17) is 9.47 Å². The fraction of sp³-hybridized carbons (Fsp3) is 0.458. The van der Waals surface area contributed by atoms with Gasteiger partial charge in [0.25, 0.3) is 0 Å². The number of carbonyl (C=O) groups excluding carboxylic acids is 3. The van der Waals surface area contributed by atoms with E-state index in [1.807, 2.05) is 20.8 Å². The highest BCUT2D eigenvalue weighted by atomic mass is 32.1. The topological polar surface area (TPSA) is 84.9 Å². The van der Waals surface area contributed by atoms with Crippen LogP contribution in [-0.2, 0) is 33.7 Å². The summed E-state index contributed by atoms with van der Waals surface area (Å²) in [4.78, 5) is 40.3. The van der Waals surface area contributed by atoms with Gasteiger partial charge in [-0.3, -0.25) is 4.79 Å². The number of aryl methyl sites for hydroxylation is 3. The molecule has 0 unspecified atom stereocenters. The molecule has 8 heteroatoms. The van der Waals surface area contributed by atoms with Gasteiger partial charge in [-0.05, 0) is 63.3 Å². The van der Waals surface area contributed by atoms with E-state index in [0.717, 1.165) is 32.7 Å². The van der Waals surface area contributed by atoms with Crippen molar-refractivity contribution in [3.05, 3.63) is 50.4 Å². The highest BCUT2D eigenvalue weighted by molar-refractivity contribution is 7.17. The van der Waals surface area contributed by atoms with Crippen LogP contribution in [0.15, 0.2) is 12.1 Å². The van der Waals surface area contributed by atoms with E-state index in [0.29, 0.717) is 36.7 Å². The van der Waals surface area contributed by atoms with Gasteiger partial charge in [-0.25, -0.2) is 9.59 Å². The van der Waals surface area contributed by atoms with Crippen LogP contribution in [0.3, 0.4) is 0 Å². The van der Waals surface area contributed by atoms with Crippen molar-refractivity contribution >= 4 is 34.3 Å². The van der Waals surface area contributed by atoms with Gasteiger partial charge in [0.1, 0.15) is 5.00 Å². The molecule has 0 bridgehead atoms. The quantitative estimate of drug-likeness (QED) is 0.642. The number of hydrogen-bond donors (Lipinski definition) is 1. The molecule has 0 atom stereocenters. The van der Waals surface area contributed by atoms with Gasteiger partial charge in [0, 0.05) is 11.4 Å². The third-order valence-electron chi connectivity index (χ3n) is 5.49. The van der Waals surface area contributed by atoms with Gasteiger partial charge in [-0.1, -0.05) is 17.7 Å². The monoisotopic (exact) mass is 458 g/mol. The molecule has 7 nitrogen and oxygen atoms in total. The minimum atomic E-state index is -0.451. The lowest BCUT2D eigenvalue weighted by Crippen LogP contribution is -2.36. The number of hydrogen-bond acceptors (Lipinski definition) is 6. The molecule has 1 aliphatic rings. The van der Waals surface area contributed by atoms with Crippen molar-refractivity contribution in [2.24, 2.45) is 0 Å². The van der Waals surface area contributed by atoms with Crippen LogP contribution in [-0.4, -0.2) is 42.6 Å². The Labute approximate surface area is 192 Å². The molecule has 2 amide bonds. The lowest BCUT2D eigenvalue weighted by Gasteiger charge is -2.26. The van der Waals surface area contributed by atoms with Crippen LogP contribution >= 0.6 is 11.3 Å². The van der Waals surface area contributed by atoms with Gasteiger partial charge >= 0.3 is 12.1 Å². The molecule has 3 rings (SSSR count). The Balaban J connectivity index is 1.87. The maximum absolute atomic E-state index is 12.9. The van der Waals surface area contributed by atoms with Crippen molar-refractivity contribution in [1.29, 1.82) is 0 Å². The lowest BCUT2D eigenvalue weighted by atomic mass is 9.97. The van der Waals surface area contributed by atoms with E-state index in [1.165, 1.54) is 11.3 Å². The average Bonchev–Trinajstić information content (AvgIpc) is 3.07. The molecule has 1 aromatic heterocycles. The molecule has 1 aromatic carbocycles. The molecular weight excluding hydrogens is 428 g/mol. The van der Waals surface area contributed by atoms with Crippen LogP contribution in [0.4, 0.5) is 9.80 Å². The Morgan fingerprint density at radius 2 is 1.72 bits per heavy atom. The second-order valence-corrected chi connectivity index (χ2v) is 9.01. The highest BCUT2D eigenvalue weighted by Gasteiger charge is 2.31. The van der Waals surface area contributed by atoms with Crippen molar-refractivity contribution in [2.45, 2.75) is 54.0 Å². The third-order valence-corrected chi connectivity index (χ3v) is 6.63. The first kappa shape index (κ1) is 23.8. The first-order chi connectivity index (χ1) is 15.2. The van der Waals surface area contributed by atoms with Crippen molar-refractivity contribution in [3.8, 4) is 0 Å². The Bertz CT molecular complexity index is 1020. The number of thiophene rings is 1. The van der Waals surface area contributed by atoms with Crippen molar-refractivity contribution in [3.63, 3.8) is 0 Å². The molecule has 0 spiro atoms. The van der Waals surface area contributed by atoms with Crippen LogP contribution in [0.5, 0.6) is 0 Å². The SMILES string of the molecule is CCOC(=O)c1c(NC(=O)Cc2c(C)cc(C)cc2C)sc2c1CCN(C(=O)OCC)C2.